The summed E-state index contributed by atoms with van der Waals surface area (Å²) in [6.45, 7) is 2.20. The van der Waals surface area contributed by atoms with Gasteiger partial charge in [-0.3, -0.25) is 15.1 Å². The van der Waals surface area contributed by atoms with Crippen molar-refractivity contribution in [2.75, 3.05) is 7.05 Å². The summed E-state index contributed by atoms with van der Waals surface area (Å²) in [6, 6.07) is -0.0645. The zero-order valence-electron chi connectivity index (χ0n) is 9.68. The van der Waals surface area contributed by atoms with E-state index in [1.165, 1.54) is 25.7 Å². The van der Waals surface area contributed by atoms with Gasteiger partial charge in [-0.05, 0) is 6.42 Å². The Balaban J connectivity index is 2.14. The maximum atomic E-state index is 11.4. The Morgan fingerprint density at radius 3 is 2.60 bits per heavy atom. The lowest BCUT2D eigenvalue weighted by Crippen LogP contribution is -2.29. The van der Waals surface area contributed by atoms with Crippen LogP contribution in [0.15, 0.2) is 4.99 Å². The summed E-state index contributed by atoms with van der Waals surface area (Å²) in [5.74, 6) is 0.671. The Hall–Kier alpha value is -1.06. The van der Waals surface area contributed by atoms with Crippen LogP contribution >= 0.6 is 0 Å². The van der Waals surface area contributed by atoms with Crippen LogP contribution in [0, 0.1) is 0 Å². The third kappa shape index (κ3) is 3.90. The highest BCUT2D eigenvalue weighted by Gasteiger charge is 2.26. The Morgan fingerprint density at radius 2 is 2.00 bits per heavy atom. The van der Waals surface area contributed by atoms with Crippen LogP contribution in [0.1, 0.15) is 45.4 Å². The molecular weight excluding hydrogens is 190 g/mol. The van der Waals surface area contributed by atoms with Crippen LogP contribution in [0.2, 0.25) is 0 Å². The molecule has 0 saturated carbocycles. The van der Waals surface area contributed by atoms with Crippen molar-refractivity contribution in [3.8, 4) is 0 Å². The molecule has 1 atom stereocenters. The van der Waals surface area contributed by atoms with Gasteiger partial charge in [-0.15, -0.1) is 0 Å². The van der Waals surface area contributed by atoms with Crippen molar-refractivity contribution in [2.45, 2.75) is 51.5 Å². The van der Waals surface area contributed by atoms with Gasteiger partial charge < -0.3 is 5.32 Å². The predicted octanol–water partition coefficient (Wildman–Crippen LogP) is 1.42. The first-order valence-corrected chi connectivity index (χ1v) is 5.82. The number of amides is 1. The Labute approximate surface area is 91.5 Å². The van der Waals surface area contributed by atoms with Gasteiger partial charge in [0.15, 0.2) is 5.96 Å². The van der Waals surface area contributed by atoms with Gasteiger partial charge in [0.1, 0.15) is 6.04 Å². The quantitative estimate of drug-likeness (QED) is 0.653. The molecule has 1 fully saturated rings. The van der Waals surface area contributed by atoms with Gasteiger partial charge in [0.2, 0.25) is 5.91 Å². The van der Waals surface area contributed by atoms with Gasteiger partial charge in [0, 0.05) is 7.05 Å². The van der Waals surface area contributed by atoms with Crippen LogP contribution in [-0.4, -0.2) is 25.0 Å². The molecular formula is C11H21N3O. The number of carbonyl (C=O) groups excluding carboxylic acids is 1. The van der Waals surface area contributed by atoms with Crippen molar-refractivity contribution >= 4 is 11.9 Å². The van der Waals surface area contributed by atoms with Gasteiger partial charge >= 0.3 is 0 Å². The van der Waals surface area contributed by atoms with Gasteiger partial charge in [-0.25, -0.2) is 0 Å². The number of rotatable bonds is 6. The van der Waals surface area contributed by atoms with Gasteiger partial charge in [-0.1, -0.05) is 39.0 Å². The Bertz CT molecular complexity index is 238. The fourth-order valence-electron chi connectivity index (χ4n) is 1.75. The lowest BCUT2D eigenvalue weighted by atomic mass is 10.1. The maximum Gasteiger partial charge on any atom is 0.249 e. The third-order valence-corrected chi connectivity index (χ3v) is 2.69. The van der Waals surface area contributed by atoms with Crippen LogP contribution in [0.5, 0.6) is 0 Å². The molecule has 15 heavy (non-hydrogen) atoms. The molecule has 2 N–H and O–H groups in total. The maximum absolute atomic E-state index is 11.4. The van der Waals surface area contributed by atoms with Crippen molar-refractivity contribution < 1.29 is 4.79 Å². The molecule has 4 nitrogen and oxygen atoms in total. The van der Waals surface area contributed by atoms with E-state index in [0.29, 0.717) is 5.96 Å². The van der Waals surface area contributed by atoms with Crippen molar-refractivity contribution in [3.05, 3.63) is 0 Å². The second-order valence-corrected chi connectivity index (χ2v) is 3.96. The molecule has 4 heteroatoms. The monoisotopic (exact) mass is 211 g/mol. The van der Waals surface area contributed by atoms with Crippen molar-refractivity contribution in [1.29, 1.82) is 0 Å². The molecule has 1 aliphatic rings. The standard InChI is InChI=1S/C11H21N3O/c1-3-4-5-6-7-8-9-10(15)14-11(12-2)13-9/h9H,3-8H2,1-2H3,(H2,12,13,14,15). The lowest BCUT2D eigenvalue weighted by Gasteiger charge is -2.06. The summed E-state index contributed by atoms with van der Waals surface area (Å²) in [5, 5.41) is 5.78. The first kappa shape index (κ1) is 12.0. The molecule has 0 aliphatic carbocycles. The van der Waals surface area contributed by atoms with E-state index in [0.717, 1.165) is 12.8 Å². The Kier molecular flexibility index (Phi) is 5.15. The third-order valence-electron chi connectivity index (χ3n) is 2.69. The van der Waals surface area contributed by atoms with Crippen LogP contribution in [-0.2, 0) is 4.79 Å². The second kappa shape index (κ2) is 6.43. The highest BCUT2D eigenvalue weighted by molar-refractivity contribution is 6.06. The average Bonchev–Trinajstić information content (AvgIpc) is 2.59. The van der Waals surface area contributed by atoms with Crippen LogP contribution < -0.4 is 10.6 Å². The minimum Gasteiger partial charge on any atom is -0.344 e. The molecule has 0 aromatic rings. The number of guanidine groups is 1. The fourth-order valence-corrected chi connectivity index (χ4v) is 1.75. The number of nitrogens with one attached hydrogen (secondary N) is 2. The first-order chi connectivity index (χ1) is 7.27. The normalized spacial score (nSPS) is 22.9. The second-order valence-electron chi connectivity index (χ2n) is 3.96. The van der Waals surface area contributed by atoms with Crippen LogP contribution in [0.3, 0.4) is 0 Å². The van der Waals surface area contributed by atoms with Gasteiger partial charge in [0.25, 0.3) is 0 Å². The molecule has 1 unspecified atom stereocenters. The predicted molar refractivity (Wildman–Crippen MR) is 61.8 cm³/mol. The summed E-state index contributed by atoms with van der Waals surface area (Å²) >= 11 is 0. The van der Waals surface area contributed by atoms with Crippen LogP contribution in [0.4, 0.5) is 0 Å². The van der Waals surface area contributed by atoms with E-state index >= 15 is 0 Å². The summed E-state index contributed by atoms with van der Waals surface area (Å²) in [6.07, 6.45) is 7.08. The molecule has 1 rings (SSSR count). The highest BCUT2D eigenvalue weighted by atomic mass is 16.2. The molecule has 0 radical (unpaired) electrons. The minimum absolute atomic E-state index is 0.0612. The van der Waals surface area contributed by atoms with Gasteiger partial charge in [0.05, 0.1) is 0 Å². The number of hydrogen-bond acceptors (Lipinski definition) is 2. The Morgan fingerprint density at radius 1 is 1.27 bits per heavy atom. The smallest absolute Gasteiger partial charge is 0.249 e. The van der Waals surface area contributed by atoms with E-state index in [9.17, 15) is 4.79 Å². The minimum atomic E-state index is -0.0645. The lowest BCUT2D eigenvalue weighted by molar-refractivity contribution is -0.120. The van der Waals surface area contributed by atoms with Crippen molar-refractivity contribution in [3.63, 3.8) is 0 Å². The molecule has 86 valence electrons. The average molecular weight is 211 g/mol. The highest BCUT2D eigenvalue weighted by Crippen LogP contribution is 2.09. The molecule has 0 bridgehead atoms. The summed E-state index contributed by atoms with van der Waals surface area (Å²) in [4.78, 5) is 15.3. The zero-order valence-corrected chi connectivity index (χ0v) is 9.68. The molecule has 1 aliphatic heterocycles. The van der Waals surface area contributed by atoms with E-state index in [4.69, 9.17) is 0 Å². The summed E-state index contributed by atoms with van der Waals surface area (Å²) in [7, 11) is 1.67. The molecule has 1 amide bonds. The van der Waals surface area contributed by atoms with E-state index in [1.54, 1.807) is 7.05 Å². The number of nitrogens with zero attached hydrogens (tertiary/aromatic N) is 1. The number of unbranched alkanes of at least 4 members (excludes halogenated alkanes) is 4. The largest absolute Gasteiger partial charge is 0.344 e. The topological polar surface area (TPSA) is 53.5 Å². The summed E-state index contributed by atoms with van der Waals surface area (Å²) in [5.41, 5.74) is 0. The van der Waals surface area contributed by atoms with E-state index in [1.807, 2.05) is 0 Å². The van der Waals surface area contributed by atoms with Crippen LogP contribution in [0.25, 0.3) is 0 Å². The van der Waals surface area contributed by atoms with E-state index in [2.05, 4.69) is 22.5 Å². The molecule has 0 aromatic heterocycles. The first-order valence-electron chi connectivity index (χ1n) is 5.82. The zero-order chi connectivity index (χ0) is 11.1. The molecule has 1 saturated heterocycles. The SMILES string of the molecule is CCCCCCCC1NC(=NC)NC1=O. The number of hydrogen-bond donors (Lipinski definition) is 2. The number of aliphatic imine (C=N–C) groups is 1. The molecule has 0 aromatic carbocycles. The van der Waals surface area contributed by atoms with E-state index < -0.39 is 0 Å². The van der Waals surface area contributed by atoms with Crippen molar-refractivity contribution in [1.82, 2.24) is 10.6 Å². The molecule has 0 spiro atoms. The van der Waals surface area contributed by atoms with Gasteiger partial charge in [-0.2, -0.15) is 0 Å². The van der Waals surface area contributed by atoms with E-state index in [-0.39, 0.29) is 11.9 Å². The molecule has 1 heterocycles. The van der Waals surface area contributed by atoms with Crippen molar-refractivity contribution in [2.24, 2.45) is 4.99 Å². The number of carbonyl (C=O) groups is 1. The fraction of sp³-hybridized carbons (Fsp3) is 0.818. The summed E-state index contributed by atoms with van der Waals surface area (Å²) < 4.78 is 0.